The summed E-state index contributed by atoms with van der Waals surface area (Å²) in [4.78, 5) is 50.7. The van der Waals surface area contributed by atoms with E-state index in [-0.39, 0.29) is 11.4 Å². The standard InChI is InChI=1S/C20H21N7O6S2/c1-26-20(23-24-25-26)35-9-11-8-34-19-13(22-17(32)15(30)10-5-3-2-4-6-10)18(33)27(19)14(11)16(31)21-7-12(28)29/h2-6,13,15,19,30H,7-9H2,1H3,(H,21,31)(H,22,32)(H,28,29)/t13-,15-,19-/m1/s1. The average Bonchev–Trinajstić information content (AvgIpc) is 3.28. The van der Waals surface area contributed by atoms with E-state index in [2.05, 4.69) is 26.2 Å². The number of rotatable bonds is 9. The molecule has 1 aromatic carbocycles. The van der Waals surface area contributed by atoms with E-state index in [0.29, 0.717) is 22.0 Å². The minimum absolute atomic E-state index is 0.0525. The predicted octanol–water partition coefficient (Wildman–Crippen LogP) is -1.11. The van der Waals surface area contributed by atoms with E-state index in [4.69, 9.17) is 5.11 Å². The number of aliphatic hydroxyl groups is 1. The molecule has 3 amide bonds. The Morgan fingerprint density at radius 2 is 2.03 bits per heavy atom. The Bertz CT molecular complexity index is 1190. The van der Waals surface area contributed by atoms with Gasteiger partial charge in [-0.15, -0.1) is 16.9 Å². The van der Waals surface area contributed by atoms with Gasteiger partial charge in [-0.25, -0.2) is 4.68 Å². The molecule has 1 fully saturated rings. The number of aryl methyl sites for hydroxylation is 1. The van der Waals surface area contributed by atoms with Crippen LogP contribution in [-0.2, 0) is 26.2 Å². The number of benzene rings is 1. The first-order valence-electron chi connectivity index (χ1n) is 10.3. The number of aromatic nitrogens is 4. The molecule has 4 rings (SSSR count). The topological polar surface area (TPSA) is 180 Å². The van der Waals surface area contributed by atoms with Gasteiger partial charge in [-0.1, -0.05) is 42.1 Å². The molecule has 1 saturated heterocycles. The lowest BCUT2D eigenvalue weighted by atomic mass is 10.0. The molecular formula is C20H21N7O6S2. The van der Waals surface area contributed by atoms with Crippen LogP contribution in [-0.4, -0.2) is 88.5 Å². The quantitative estimate of drug-likeness (QED) is 0.233. The van der Waals surface area contributed by atoms with Crippen LogP contribution in [0.1, 0.15) is 11.7 Å². The fourth-order valence-electron chi connectivity index (χ4n) is 3.56. The number of carboxylic acid groups (broad SMARTS) is 1. The molecule has 13 nitrogen and oxygen atoms in total. The SMILES string of the molecule is Cn1nnnc1SCC1=C(C(=O)NCC(=O)O)N2C(=O)[C@@H](NC(=O)[C@H](O)c3ccccc3)[C@H]2SC1. The summed E-state index contributed by atoms with van der Waals surface area (Å²) in [7, 11) is 1.67. The third-order valence-corrected chi connectivity index (χ3v) is 7.72. The fraction of sp³-hybridized carbons (Fsp3) is 0.350. The van der Waals surface area contributed by atoms with Crippen molar-refractivity contribution in [3.8, 4) is 0 Å². The van der Waals surface area contributed by atoms with E-state index in [0.717, 1.165) is 0 Å². The highest BCUT2D eigenvalue weighted by molar-refractivity contribution is 8.01. The van der Waals surface area contributed by atoms with Gasteiger partial charge in [-0.05, 0) is 21.6 Å². The van der Waals surface area contributed by atoms with Crippen LogP contribution in [0.4, 0.5) is 0 Å². The second kappa shape index (κ2) is 10.5. The van der Waals surface area contributed by atoms with Gasteiger partial charge in [0.2, 0.25) is 5.16 Å². The highest BCUT2D eigenvalue weighted by Crippen LogP contribution is 2.41. The third-order valence-electron chi connectivity index (χ3n) is 5.28. The van der Waals surface area contributed by atoms with Crippen LogP contribution in [0.3, 0.4) is 0 Å². The number of thioether (sulfide) groups is 2. The number of nitrogens with zero attached hydrogens (tertiary/aromatic N) is 5. The smallest absolute Gasteiger partial charge is 0.322 e. The molecule has 3 atom stereocenters. The minimum atomic E-state index is -1.45. The van der Waals surface area contributed by atoms with Crippen molar-refractivity contribution < 1.29 is 29.4 Å². The van der Waals surface area contributed by atoms with Crippen LogP contribution in [0.15, 0.2) is 46.8 Å². The Hall–Kier alpha value is -3.43. The number of hydrogen-bond acceptors (Lipinski definition) is 10. The van der Waals surface area contributed by atoms with Crippen LogP contribution in [0.5, 0.6) is 0 Å². The zero-order chi connectivity index (χ0) is 25.1. The van der Waals surface area contributed by atoms with Gasteiger partial charge in [0.15, 0.2) is 6.10 Å². The lowest BCUT2D eigenvalue weighted by Gasteiger charge is -2.50. The average molecular weight is 520 g/mol. The summed E-state index contributed by atoms with van der Waals surface area (Å²) >= 11 is 2.62. The number of amides is 3. The maximum Gasteiger partial charge on any atom is 0.322 e. The molecule has 15 heteroatoms. The number of hydrogen-bond donors (Lipinski definition) is 4. The Morgan fingerprint density at radius 1 is 1.29 bits per heavy atom. The largest absolute Gasteiger partial charge is 0.480 e. The maximum absolute atomic E-state index is 13.0. The summed E-state index contributed by atoms with van der Waals surface area (Å²) < 4.78 is 1.46. The number of nitrogens with one attached hydrogen (secondary N) is 2. The van der Waals surface area contributed by atoms with E-state index >= 15 is 0 Å². The molecule has 0 spiro atoms. The number of carboxylic acids is 1. The number of tetrazole rings is 1. The zero-order valence-corrected chi connectivity index (χ0v) is 20.0. The highest BCUT2D eigenvalue weighted by atomic mass is 32.2. The summed E-state index contributed by atoms with van der Waals surface area (Å²) in [5.74, 6) is -2.54. The lowest BCUT2D eigenvalue weighted by Crippen LogP contribution is -2.71. The molecule has 1 aromatic heterocycles. The van der Waals surface area contributed by atoms with Crippen molar-refractivity contribution in [1.29, 1.82) is 0 Å². The second-order valence-electron chi connectivity index (χ2n) is 7.61. The normalized spacial score (nSPS) is 20.1. The lowest BCUT2D eigenvalue weighted by molar-refractivity contribution is -0.149. The summed E-state index contributed by atoms with van der Waals surface area (Å²) in [5, 5.41) is 35.3. The molecule has 0 saturated carbocycles. The first-order valence-corrected chi connectivity index (χ1v) is 12.4. The number of aliphatic carboxylic acids is 1. The molecule has 2 aliphatic rings. The Balaban J connectivity index is 1.51. The first-order chi connectivity index (χ1) is 16.8. The van der Waals surface area contributed by atoms with Crippen molar-refractivity contribution in [2.24, 2.45) is 7.05 Å². The Labute approximate surface area is 207 Å². The molecule has 0 radical (unpaired) electrons. The Morgan fingerprint density at radius 3 is 2.69 bits per heavy atom. The van der Waals surface area contributed by atoms with Crippen LogP contribution in [0.2, 0.25) is 0 Å². The predicted molar refractivity (Wildman–Crippen MR) is 124 cm³/mol. The molecule has 0 bridgehead atoms. The summed E-state index contributed by atoms with van der Waals surface area (Å²) in [6.45, 7) is -0.612. The monoisotopic (exact) mass is 519 g/mol. The van der Waals surface area contributed by atoms with Crippen molar-refractivity contribution in [3.05, 3.63) is 47.2 Å². The molecule has 184 valence electrons. The maximum atomic E-state index is 13.0. The number of carbonyl (C=O) groups excluding carboxylic acids is 3. The van der Waals surface area contributed by atoms with Gasteiger partial charge < -0.3 is 20.8 Å². The molecule has 0 aliphatic carbocycles. The molecule has 2 aromatic rings. The van der Waals surface area contributed by atoms with Gasteiger partial charge in [-0.2, -0.15) is 0 Å². The third kappa shape index (κ3) is 5.16. The number of carbonyl (C=O) groups is 4. The van der Waals surface area contributed by atoms with Crippen LogP contribution in [0.25, 0.3) is 0 Å². The van der Waals surface area contributed by atoms with Crippen LogP contribution in [0, 0.1) is 0 Å². The zero-order valence-electron chi connectivity index (χ0n) is 18.3. The van der Waals surface area contributed by atoms with Crippen molar-refractivity contribution in [2.45, 2.75) is 22.7 Å². The van der Waals surface area contributed by atoms with Crippen molar-refractivity contribution in [2.75, 3.05) is 18.1 Å². The fourth-order valence-corrected chi connectivity index (χ4v) is 5.90. The molecule has 2 aliphatic heterocycles. The summed E-state index contributed by atoms with van der Waals surface area (Å²) in [6, 6.07) is 7.37. The number of fused-ring (bicyclic) bond motifs is 1. The van der Waals surface area contributed by atoms with Gasteiger partial charge in [0.1, 0.15) is 23.7 Å². The van der Waals surface area contributed by atoms with Gasteiger partial charge in [-0.3, -0.25) is 24.1 Å². The molecule has 4 N–H and O–H groups in total. The molecular weight excluding hydrogens is 498 g/mol. The summed E-state index contributed by atoms with van der Waals surface area (Å²) in [6.07, 6.45) is -1.45. The van der Waals surface area contributed by atoms with E-state index in [1.54, 1.807) is 37.4 Å². The van der Waals surface area contributed by atoms with Crippen molar-refractivity contribution in [3.63, 3.8) is 0 Å². The number of aliphatic hydroxyl groups excluding tert-OH is 1. The van der Waals surface area contributed by atoms with E-state index < -0.39 is 47.8 Å². The molecule has 3 heterocycles. The highest BCUT2D eigenvalue weighted by Gasteiger charge is 2.54. The van der Waals surface area contributed by atoms with Crippen molar-refractivity contribution in [1.82, 2.24) is 35.7 Å². The van der Waals surface area contributed by atoms with Gasteiger partial charge in [0.05, 0.1) is 0 Å². The van der Waals surface area contributed by atoms with Gasteiger partial charge >= 0.3 is 5.97 Å². The van der Waals surface area contributed by atoms with E-state index in [9.17, 15) is 24.3 Å². The van der Waals surface area contributed by atoms with Gasteiger partial charge in [0.25, 0.3) is 17.7 Å². The van der Waals surface area contributed by atoms with Crippen LogP contribution >= 0.6 is 23.5 Å². The molecule has 35 heavy (non-hydrogen) atoms. The minimum Gasteiger partial charge on any atom is -0.480 e. The van der Waals surface area contributed by atoms with Gasteiger partial charge in [0, 0.05) is 18.6 Å². The first kappa shape index (κ1) is 24.7. The Kier molecular flexibility index (Phi) is 7.37. The van der Waals surface area contributed by atoms with E-state index in [1.807, 2.05) is 0 Å². The van der Waals surface area contributed by atoms with E-state index in [1.165, 1.54) is 33.1 Å². The summed E-state index contributed by atoms with van der Waals surface area (Å²) in [5.41, 5.74) is 1.04. The van der Waals surface area contributed by atoms with Crippen LogP contribution < -0.4 is 10.6 Å². The molecule has 0 unspecified atom stereocenters. The number of β-lactam (4-membered cyclic amide) rings is 1. The second-order valence-corrected chi connectivity index (χ2v) is 9.66. The van der Waals surface area contributed by atoms with Crippen molar-refractivity contribution >= 4 is 47.2 Å².